The van der Waals surface area contributed by atoms with Crippen LogP contribution < -0.4 is 5.73 Å². The third-order valence-corrected chi connectivity index (χ3v) is 2.42. The Morgan fingerprint density at radius 1 is 1.53 bits per heavy atom. The van der Waals surface area contributed by atoms with Gasteiger partial charge in [0.1, 0.15) is 5.92 Å². The molecule has 0 aromatic heterocycles. The first-order chi connectivity index (χ1) is 6.95. The van der Waals surface area contributed by atoms with Crippen molar-refractivity contribution in [3.63, 3.8) is 0 Å². The summed E-state index contributed by atoms with van der Waals surface area (Å²) < 4.78 is 42.1. The molecule has 3 N–H and O–H groups in total. The van der Waals surface area contributed by atoms with Crippen LogP contribution >= 0.6 is 0 Å². The molecule has 15 heavy (non-hydrogen) atoms. The first-order valence-electron chi connectivity index (χ1n) is 4.61. The molecule has 88 valence electrons. The van der Waals surface area contributed by atoms with E-state index in [-0.39, 0.29) is 6.10 Å². The molecular formula is C8H13F3N2O2. The number of halogens is 3. The summed E-state index contributed by atoms with van der Waals surface area (Å²) in [6.45, 7) is -0.579. The summed E-state index contributed by atoms with van der Waals surface area (Å²) >= 11 is 0. The fraction of sp³-hybridized carbons (Fsp3) is 0.875. The van der Waals surface area contributed by atoms with Crippen molar-refractivity contribution < 1.29 is 23.1 Å². The Labute approximate surface area is 84.9 Å². The average molecular weight is 226 g/mol. The normalized spacial score (nSPS) is 21.1. The molecule has 0 bridgehead atoms. The maximum Gasteiger partial charge on any atom is 0.401 e. The molecule has 0 amide bonds. The summed E-state index contributed by atoms with van der Waals surface area (Å²) in [6.07, 6.45) is -2.12. The van der Waals surface area contributed by atoms with Gasteiger partial charge in [-0.15, -0.1) is 0 Å². The minimum Gasteiger partial charge on any atom is -0.409 e. The van der Waals surface area contributed by atoms with Gasteiger partial charge in [-0.25, -0.2) is 0 Å². The van der Waals surface area contributed by atoms with Crippen LogP contribution in [0.15, 0.2) is 5.16 Å². The van der Waals surface area contributed by atoms with Crippen LogP contribution in [0.25, 0.3) is 0 Å². The summed E-state index contributed by atoms with van der Waals surface area (Å²) in [5, 5.41) is 10.6. The highest BCUT2D eigenvalue weighted by Gasteiger charge is 2.43. The quantitative estimate of drug-likeness (QED) is 0.330. The van der Waals surface area contributed by atoms with E-state index in [1.165, 1.54) is 0 Å². The standard InChI is InChI=1S/C8H13F3N2O2/c9-8(10,11)6(7(12)13-14)4-15-5-2-1-3-5/h5-6,14H,1-4H2,(H2,12,13). The molecular weight excluding hydrogens is 213 g/mol. The van der Waals surface area contributed by atoms with Gasteiger partial charge in [0, 0.05) is 0 Å². The number of hydrogen-bond acceptors (Lipinski definition) is 3. The summed E-state index contributed by atoms with van der Waals surface area (Å²) in [4.78, 5) is 0. The number of ether oxygens (including phenoxy) is 1. The second-order valence-corrected chi connectivity index (χ2v) is 3.51. The van der Waals surface area contributed by atoms with E-state index in [2.05, 4.69) is 5.16 Å². The Morgan fingerprint density at radius 3 is 2.47 bits per heavy atom. The predicted octanol–water partition coefficient (Wildman–Crippen LogP) is 1.48. The van der Waals surface area contributed by atoms with Gasteiger partial charge < -0.3 is 15.7 Å². The molecule has 1 fully saturated rings. The van der Waals surface area contributed by atoms with Crippen molar-refractivity contribution in [2.75, 3.05) is 6.61 Å². The van der Waals surface area contributed by atoms with Crippen molar-refractivity contribution in [1.29, 1.82) is 0 Å². The van der Waals surface area contributed by atoms with Crippen molar-refractivity contribution in [2.45, 2.75) is 31.5 Å². The molecule has 0 heterocycles. The van der Waals surface area contributed by atoms with E-state index in [4.69, 9.17) is 15.7 Å². The molecule has 1 rings (SSSR count). The topological polar surface area (TPSA) is 67.8 Å². The van der Waals surface area contributed by atoms with Gasteiger partial charge in [0.15, 0.2) is 5.84 Å². The van der Waals surface area contributed by atoms with Crippen LogP contribution in [0.3, 0.4) is 0 Å². The Balaban J connectivity index is 2.48. The Morgan fingerprint density at radius 2 is 2.13 bits per heavy atom. The molecule has 0 aromatic rings. The fourth-order valence-electron chi connectivity index (χ4n) is 1.19. The lowest BCUT2D eigenvalue weighted by molar-refractivity contribution is -0.175. The minimum atomic E-state index is -4.54. The molecule has 4 nitrogen and oxygen atoms in total. The van der Waals surface area contributed by atoms with Crippen LogP contribution in [0.2, 0.25) is 0 Å². The van der Waals surface area contributed by atoms with Gasteiger partial charge in [0.25, 0.3) is 0 Å². The monoisotopic (exact) mass is 226 g/mol. The van der Waals surface area contributed by atoms with E-state index in [9.17, 15) is 13.2 Å². The molecule has 1 atom stereocenters. The molecule has 0 spiro atoms. The van der Waals surface area contributed by atoms with E-state index < -0.39 is 24.5 Å². The molecule has 1 aliphatic rings. The van der Waals surface area contributed by atoms with Crippen LogP contribution in [-0.4, -0.2) is 29.9 Å². The van der Waals surface area contributed by atoms with Gasteiger partial charge in [-0.3, -0.25) is 0 Å². The molecule has 1 aliphatic carbocycles. The van der Waals surface area contributed by atoms with E-state index >= 15 is 0 Å². The number of hydrogen-bond donors (Lipinski definition) is 2. The Bertz CT molecular complexity index is 239. The molecule has 0 saturated heterocycles. The highest BCUT2D eigenvalue weighted by Crippen LogP contribution is 2.29. The summed E-state index contributed by atoms with van der Waals surface area (Å²) in [6, 6.07) is 0. The summed E-state index contributed by atoms with van der Waals surface area (Å²) in [5.41, 5.74) is 4.95. The first-order valence-corrected chi connectivity index (χ1v) is 4.61. The van der Waals surface area contributed by atoms with Crippen LogP contribution in [0.1, 0.15) is 19.3 Å². The molecule has 7 heteroatoms. The van der Waals surface area contributed by atoms with E-state index in [1.54, 1.807) is 0 Å². The second-order valence-electron chi connectivity index (χ2n) is 3.51. The highest BCUT2D eigenvalue weighted by atomic mass is 19.4. The first kappa shape index (κ1) is 12.1. The Kier molecular flexibility index (Phi) is 3.78. The maximum absolute atomic E-state index is 12.4. The van der Waals surface area contributed by atoms with Crippen LogP contribution in [-0.2, 0) is 4.74 Å². The lowest BCUT2D eigenvalue weighted by atomic mass is 9.96. The van der Waals surface area contributed by atoms with Gasteiger partial charge >= 0.3 is 6.18 Å². The molecule has 0 aromatic carbocycles. The number of alkyl halides is 3. The number of rotatable bonds is 4. The molecule has 1 unspecified atom stereocenters. The van der Waals surface area contributed by atoms with E-state index in [0.717, 1.165) is 19.3 Å². The molecule has 0 aliphatic heterocycles. The predicted molar refractivity (Wildman–Crippen MR) is 46.5 cm³/mol. The number of nitrogens with zero attached hydrogens (tertiary/aromatic N) is 1. The van der Waals surface area contributed by atoms with Crippen molar-refractivity contribution in [3.05, 3.63) is 0 Å². The van der Waals surface area contributed by atoms with Crippen molar-refractivity contribution in [2.24, 2.45) is 16.8 Å². The average Bonchev–Trinajstić information content (AvgIpc) is 2.06. The zero-order chi connectivity index (χ0) is 11.5. The van der Waals surface area contributed by atoms with Crippen LogP contribution in [0, 0.1) is 5.92 Å². The minimum absolute atomic E-state index is 0.110. The number of nitrogens with two attached hydrogens (primary N) is 1. The van der Waals surface area contributed by atoms with Crippen LogP contribution in [0.5, 0.6) is 0 Å². The van der Waals surface area contributed by atoms with E-state index in [1.807, 2.05) is 0 Å². The third kappa shape index (κ3) is 3.26. The SMILES string of the molecule is NC(=NO)C(COC1CCC1)C(F)(F)F. The smallest absolute Gasteiger partial charge is 0.401 e. The van der Waals surface area contributed by atoms with E-state index in [0.29, 0.717) is 0 Å². The second kappa shape index (κ2) is 4.69. The summed E-state index contributed by atoms with van der Waals surface area (Å²) in [5.74, 6) is -2.88. The number of oxime groups is 1. The number of amidine groups is 1. The largest absolute Gasteiger partial charge is 0.409 e. The van der Waals surface area contributed by atoms with Crippen molar-refractivity contribution in [1.82, 2.24) is 0 Å². The lowest BCUT2D eigenvalue weighted by Gasteiger charge is -2.28. The third-order valence-electron chi connectivity index (χ3n) is 2.42. The van der Waals surface area contributed by atoms with Gasteiger partial charge in [0.05, 0.1) is 12.7 Å². The molecule has 0 radical (unpaired) electrons. The molecule has 1 saturated carbocycles. The van der Waals surface area contributed by atoms with Crippen molar-refractivity contribution in [3.8, 4) is 0 Å². The lowest BCUT2D eigenvalue weighted by Crippen LogP contribution is -2.40. The van der Waals surface area contributed by atoms with Gasteiger partial charge in [-0.05, 0) is 19.3 Å². The van der Waals surface area contributed by atoms with Gasteiger partial charge in [-0.2, -0.15) is 13.2 Å². The highest BCUT2D eigenvalue weighted by molar-refractivity contribution is 5.83. The Hall–Kier alpha value is -0.980. The van der Waals surface area contributed by atoms with Crippen LogP contribution in [0.4, 0.5) is 13.2 Å². The zero-order valence-electron chi connectivity index (χ0n) is 8.00. The maximum atomic E-state index is 12.4. The van der Waals surface area contributed by atoms with Gasteiger partial charge in [-0.1, -0.05) is 5.16 Å². The zero-order valence-corrected chi connectivity index (χ0v) is 8.00. The van der Waals surface area contributed by atoms with Crippen molar-refractivity contribution >= 4 is 5.84 Å². The van der Waals surface area contributed by atoms with Gasteiger partial charge in [0.2, 0.25) is 0 Å². The summed E-state index contributed by atoms with van der Waals surface area (Å²) in [7, 11) is 0. The fourth-order valence-corrected chi connectivity index (χ4v) is 1.19.